The highest BCUT2D eigenvalue weighted by Gasteiger charge is 2.23. The van der Waals surface area contributed by atoms with Crippen LogP contribution in [0.15, 0.2) is 30.3 Å². The van der Waals surface area contributed by atoms with Crippen molar-refractivity contribution >= 4 is 29.5 Å². The molecule has 0 aliphatic carbocycles. The van der Waals surface area contributed by atoms with Crippen molar-refractivity contribution in [1.29, 1.82) is 0 Å². The Morgan fingerprint density at radius 1 is 1.11 bits per heavy atom. The van der Waals surface area contributed by atoms with Crippen LogP contribution in [0.25, 0.3) is 6.08 Å². The van der Waals surface area contributed by atoms with Crippen LogP contribution < -0.4 is 0 Å². The first-order chi connectivity index (χ1) is 13.1. The second kappa shape index (κ2) is 9.88. The summed E-state index contributed by atoms with van der Waals surface area (Å²) >= 11 is 5.97. The summed E-state index contributed by atoms with van der Waals surface area (Å²) in [7, 11) is 0. The standard InChI is InChI=1S/C20H26ClN3O3/c21-18-3-1-2-17(16-18)4-5-19(25)23-7-6-20(26)24(11-10-23)9-8-22-12-14-27-15-13-22/h1-5,16H,6-15H2. The molecule has 0 saturated carbocycles. The second-order valence-electron chi connectivity index (χ2n) is 6.80. The van der Waals surface area contributed by atoms with Crippen LogP contribution in [0, 0.1) is 0 Å². The fourth-order valence-electron chi connectivity index (χ4n) is 3.29. The van der Waals surface area contributed by atoms with Gasteiger partial charge >= 0.3 is 0 Å². The molecule has 3 rings (SSSR count). The van der Waals surface area contributed by atoms with E-state index in [0.717, 1.165) is 38.4 Å². The summed E-state index contributed by atoms with van der Waals surface area (Å²) in [6.45, 7) is 6.53. The number of nitrogens with zero attached hydrogens (tertiary/aromatic N) is 3. The fourth-order valence-corrected chi connectivity index (χ4v) is 3.49. The summed E-state index contributed by atoms with van der Waals surface area (Å²) < 4.78 is 5.35. The molecule has 2 amide bonds. The number of halogens is 1. The Bertz CT molecular complexity index is 689. The molecule has 0 atom stereocenters. The molecule has 0 bridgehead atoms. The Balaban J connectivity index is 1.50. The first-order valence-corrected chi connectivity index (χ1v) is 9.80. The molecule has 2 saturated heterocycles. The van der Waals surface area contributed by atoms with Crippen LogP contribution in [0.5, 0.6) is 0 Å². The van der Waals surface area contributed by atoms with E-state index in [9.17, 15) is 9.59 Å². The van der Waals surface area contributed by atoms with Gasteiger partial charge in [-0.1, -0.05) is 23.7 Å². The van der Waals surface area contributed by atoms with Crippen molar-refractivity contribution in [2.45, 2.75) is 6.42 Å². The first-order valence-electron chi connectivity index (χ1n) is 9.42. The molecular formula is C20H26ClN3O3. The fraction of sp³-hybridized carbons (Fsp3) is 0.500. The van der Waals surface area contributed by atoms with Crippen LogP contribution in [0.2, 0.25) is 5.02 Å². The number of rotatable bonds is 5. The Labute approximate surface area is 165 Å². The zero-order valence-corrected chi connectivity index (χ0v) is 16.2. The van der Waals surface area contributed by atoms with Crippen molar-refractivity contribution in [2.24, 2.45) is 0 Å². The zero-order valence-electron chi connectivity index (χ0n) is 15.5. The van der Waals surface area contributed by atoms with Gasteiger partial charge in [0.1, 0.15) is 0 Å². The number of carbonyl (C=O) groups is 2. The average Bonchev–Trinajstić information content (AvgIpc) is 2.87. The topological polar surface area (TPSA) is 53.1 Å². The molecule has 2 aliphatic rings. The highest BCUT2D eigenvalue weighted by atomic mass is 35.5. The number of hydrogen-bond donors (Lipinski definition) is 0. The molecule has 0 aromatic heterocycles. The SMILES string of the molecule is O=C(C=Cc1cccc(Cl)c1)N1CCC(=O)N(CCN2CCOCC2)CC1. The number of carbonyl (C=O) groups excluding carboxylic acids is 2. The van der Waals surface area contributed by atoms with E-state index in [0.29, 0.717) is 37.6 Å². The molecule has 146 valence electrons. The maximum absolute atomic E-state index is 12.5. The van der Waals surface area contributed by atoms with Crippen molar-refractivity contribution in [1.82, 2.24) is 14.7 Å². The predicted octanol–water partition coefficient (Wildman–Crippen LogP) is 1.75. The number of morpholine rings is 1. The first kappa shape index (κ1) is 19.9. The lowest BCUT2D eigenvalue weighted by molar-refractivity contribution is -0.130. The molecule has 27 heavy (non-hydrogen) atoms. The molecule has 0 N–H and O–H groups in total. The number of ether oxygens (including phenoxy) is 1. The van der Waals surface area contributed by atoms with Crippen molar-refractivity contribution < 1.29 is 14.3 Å². The summed E-state index contributed by atoms with van der Waals surface area (Å²) in [5.74, 6) is 0.0511. The number of benzene rings is 1. The van der Waals surface area contributed by atoms with Crippen molar-refractivity contribution in [3.8, 4) is 0 Å². The minimum atomic E-state index is -0.0715. The molecule has 6 nitrogen and oxygen atoms in total. The summed E-state index contributed by atoms with van der Waals surface area (Å²) in [6, 6.07) is 7.36. The number of amides is 2. The van der Waals surface area contributed by atoms with Gasteiger partial charge < -0.3 is 14.5 Å². The molecular weight excluding hydrogens is 366 g/mol. The summed E-state index contributed by atoms with van der Waals surface area (Å²) in [4.78, 5) is 30.8. The highest BCUT2D eigenvalue weighted by molar-refractivity contribution is 6.30. The molecule has 2 fully saturated rings. The third kappa shape index (κ3) is 6.06. The maximum Gasteiger partial charge on any atom is 0.246 e. The molecule has 7 heteroatoms. The Morgan fingerprint density at radius 3 is 2.70 bits per heavy atom. The van der Waals surface area contributed by atoms with E-state index in [1.165, 1.54) is 0 Å². The lowest BCUT2D eigenvalue weighted by atomic mass is 10.2. The third-order valence-corrected chi connectivity index (χ3v) is 5.19. The Morgan fingerprint density at radius 2 is 1.93 bits per heavy atom. The normalized spacial score (nSPS) is 19.5. The van der Waals surface area contributed by atoms with Crippen LogP contribution in [0.3, 0.4) is 0 Å². The van der Waals surface area contributed by atoms with E-state index in [4.69, 9.17) is 16.3 Å². The van der Waals surface area contributed by atoms with Crippen LogP contribution in [0.1, 0.15) is 12.0 Å². The molecule has 0 radical (unpaired) electrons. The van der Waals surface area contributed by atoms with Gasteiger partial charge in [-0.2, -0.15) is 0 Å². The lowest BCUT2D eigenvalue weighted by Crippen LogP contribution is -2.43. The van der Waals surface area contributed by atoms with Gasteiger partial charge in [0.05, 0.1) is 13.2 Å². The van der Waals surface area contributed by atoms with Gasteiger partial charge in [-0.25, -0.2) is 0 Å². The van der Waals surface area contributed by atoms with Crippen LogP contribution in [-0.4, -0.2) is 85.5 Å². The molecule has 1 aromatic rings. The molecule has 0 spiro atoms. The molecule has 0 unspecified atom stereocenters. The van der Waals surface area contributed by atoms with Gasteiger partial charge in [0.25, 0.3) is 0 Å². The highest BCUT2D eigenvalue weighted by Crippen LogP contribution is 2.12. The van der Waals surface area contributed by atoms with Gasteiger partial charge in [-0.05, 0) is 23.8 Å². The van der Waals surface area contributed by atoms with Gasteiger partial charge in [0.15, 0.2) is 0 Å². The van der Waals surface area contributed by atoms with Crippen LogP contribution in [0.4, 0.5) is 0 Å². The van der Waals surface area contributed by atoms with Gasteiger partial charge in [-0.15, -0.1) is 0 Å². The molecule has 2 aliphatic heterocycles. The van der Waals surface area contributed by atoms with Crippen LogP contribution >= 0.6 is 11.6 Å². The predicted molar refractivity (Wildman–Crippen MR) is 106 cm³/mol. The smallest absolute Gasteiger partial charge is 0.246 e. The third-order valence-electron chi connectivity index (χ3n) is 4.96. The molecule has 1 aromatic carbocycles. The summed E-state index contributed by atoms with van der Waals surface area (Å²) in [6.07, 6.45) is 3.69. The van der Waals surface area contributed by atoms with Crippen molar-refractivity contribution in [2.75, 3.05) is 59.0 Å². The maximum atomic E-state index is 12.5. The lowest BCUT2D eigenvalue weighted by Gasteiger charge is -2.29. The summed E-state index contributed by atoms with van der Waals surface area (Å²) in [5, 5.41) is 0.640. The van der Waals surface area contributed by atoms with E-state index in [1.807, 2.05) is 23.1 Å². The van der Waals surface area contributed by atoms with E-state index >= 15 is 0 Å². The Hall–Kier alpha value is -1.89. The Kier molecular flexibility index (Phi) is 7.26. The van der Waals surface area contributed by atoms with Crippen molar-refractivity contribution in [3.63, 3.8) is 0 Å². The van der Waals surface area contributed by atoms with E-state index < -0.39 is 0 Å². The molecule has 2 heterocycles. The average molecular weight is 392 g/mol. The van der Waals surface area contributed by atoms with Gasteiger partial charge in [-0.3, -0.25) is 14.5 Å². The van der Waals surface area contributed by atoms with Crippen LogP contribution in [-0.2, 0) is 14.3 Å². The zero-order chi connectivity index (χ0) is 19.1. The minimum absolute atomic E-state index is 0.0715. The monoisotopic (exact) mass is 391 g/mol. The van der Waals surface area contributed by atoms with Gasteiger partial charge in [0, 0.05) is 63.3 Å². The largest absolute Gasteiger partial charge is 0.379 e. The quantitative estimate of drug-likeness (QED) is 0.717. The second-order valence-corrected chi connectivity index (χ2v) is 7.23. The minimum Gasteiger partial charge on any atom is -0.379 e. The van der Waals surface area contributed by atoms with E-state index in [1.54, 1.807) is 23.1 Å². The van der Waals surface area contributed by atoms with E-state index in [2.05, 4.69) is 4.90 Å². The number of hydrogen-bond acceptors (Lipinski definition) is 4. The van der Waals surface area contributed by atoms with E-state index in [-0.39, 0.29) is 11.8 Å². The van der Waals surface area contributed by atoms with Gasteiger partial charge in [0.2, 0.25) is 11.8 Å². The summed E-state index contributed by atoms with van der Waals surface area (Å²) in [5.41, 5.74) is 0.883. The van der Waals surface area contributed by atoms with Crippen molar-refractivity contribution in [3.05, 3.63) is 40.9 Å².